The van der Waals surface area contributed by atoms with E-state index in [1.807, 2.05) is 16.7 Å². The van der Waals surface area contributed by atoms with E-state index in [9.17, 15) is 4.79 Å². The van der Waals surface area contributed by atoms with Crippen molar-refractivity contribution in [3.63, 3.8) is 0 Å². The van der Waals surface area contributed by atoms with E-state index >= 15 is 0 Å². The summed E-state index contributed by atoms with van der Waals surface area (Å²) in [7, 11) is 2.14. The van der Waals surface area contributed by atoms with E-state index in [1.54, 1.807) is 0 Å². The van der Waals surface area contributed by atoms with Gasteiger partial charge < -0.3 is 10.2 Å². The van der Waals surface area contributed by atoms with Gasteiger partial charge in [-0.1, -0.05) is 0 Å². The maximum atomic E-state index is 12.4. The van der Waals surface area contributed by atoms with Crippen molar-refractivity contribution in [3.8, 4) is 0 Å². The summed E-state index contributed by atoms with van der Waals surface area (Å²) in [6.07, 6.45) is 0. The molecule has 4 nitrogen and oxygen atoms in total. The third kappa shape index (κ3) is 2.95. The monoisotopic (exact) mass is 257 g/mol. The van der Waals surface area contributed by atoms with Crippen LogP contribution in [0, 0.1) is 0 Å². The molecule has 0 aromatic rings. The molecule has 3 unspecified atom stereocenters. The van der Waals surface area contributed by atoms with Gasteiger partial charge in [-0.25, -0.2) is 0 Å². The predicted octanol–water partition coefficient (Wildman–Crippen LogP) is 0.242. The largest absolute Gasteiger partial charge is 0.338 e. The van der Waals surface area contributed by atoms with E-state index in [0.717, 1.165) is 31.1 Å². The average Bonchev–Trinajstić information content (AvgIpc) is 2.35. The number of thioether (sulfide) groups is 1. The molecule has 17 heavy (non-hydrogen) atoms. The summed E-state index contributed by atoms with van der Waals surface area (Å²) in [5, 5.41) is 3.33. The Morgan fingerprint density at radius 2 is 1.94 bits per heavy atom. The van der Waals surface area contributed by atoms with Gasteiger partial charge in [0.2, 0.25) is 5.91 Å². The lowest BCUT2D eigenvalue weighted by Gasteiger charge is -2.43. The van der Waals surface area contributed by atoms with Crippen LogP contribution in [0.15, 0.2) is 0 Å². The van der Waals surface area contributed by atoms with Crippen molar-refractivity contribution in [2.45, 2.75) is 32.0 Å². The smallest absolute Gasteiger partial charge is 0.240 e. The molecule has 1 N–H and O–H groups in total. The van der Waals surface area contributed by atoms with E-state index in [0.29, 0.717) is 18.0 Å². The Kier molecular flexibility index (Phi) is 4.33. The van der Waals surface area contributed by atoms with Crippen LogP contribution in [0.3, 0.4) is 0 Å². The first-order valence-corrected chi connectivity index (χ1v) is 7.57. The van der Waals surface area contributed by atoms with Gasteiger partial charge in [-0.2, -0.15) is 11.8 Å². The molecule has 0 bridgehead atoms. The zero-order valence-corrected chi connectivity index (χ0v) is 11.8. The Balaban J connectivity index is 1.95. The summed E-state index contributed by atoms with van der Waals surface area (Å²) in [5.74, 6) is 2.34. The lowest BCUT2D eigenvalue weighted by Crippen LogP contribution is -2.60. The maximum Gasteiger partial charge on any atom is 0.240 e. The number of nitrogens with one attached hydrogen (secondary N) is 1. The highest BCUT2D eigenvalue weighted by molar-refractivity contribution is 7.99. The van der Waals surface area contributed by atoms with Crippen LogP contribution < -0.4 is 5.32 Å². The van der Waals surface area contributed by atoms with Crippen molar-refractivity contribution >= 4 is 17.7 Å². The number of amides is 1. The lowest BCUT2D eigenvalue weighted by molar-refractivity contribution is -0.136. The van der Waals surface area contributed by atoms with Crippen LogP contribution in [-0.2, 0) is 4.79 Å². The zero-order chi connectivity index (χ0) is 12.4. The average molecular weight is 257 g/mol. The zero-order valence-electron chi connectivity index (χ0n) is 11.0. The molecule has 0 spiro atoms. The van der Waals surface area contributed by atoms with Crippen molar-refractivity contribution in [3.05, 3.63) is 0 Å². The molecule has 2 aliphatic rings. The minimum Gasteiger partial charge on any atom is -0.338 e. The quantitative estimate of drug-likeness (QED) is 0.730. The van der Waals surface area contributed by atoms with Gasteiger partial charge in [0.05, 0.1) is 6.04 Å². The summed E-state index contributed by atoms with van der Waals surface area (Å²) in [6.45, 7) is 7.07. The number of rotatable bonds is 1. The molecule has 0 aromatic heterocycles. The summed E-state index contributed by atoms with van der Waals surface area (Å²) in [6, 6.07) is 0.953. The van der Waals surface area contributed by atoms with Gasteiger partial charge in [-0.3, -0.25) is 9.69 Å². The normalized spacial score (nSPS) is 35.9. The fourth-order valence-corrected chi connectivity index (χ4v) is 3.45. The van der Waals surface area contributed by atoms with E-state index in [-0.39, 0.29) is 6.04 Å². The summed E-state index contributed by atoms with van der Waals surface area (Å²) in [4.78, 5) is 16.8. The molecule has 2 aliphatic heterocycles. The minimum atomic E-state index is 0.0385. The van der Waals surface area contributed by atoms with E-state index in [2.05, 4.69) is 31.1 Å². The fraction of sp³-hybridized carbons (Fsp3) is 0.917. The van der Waals surface area contributed by atoms with Crippen LogP contribution in [0.25, 0.3) is 0 Å². The van der Waals surface area contributed by atoms with Crippen molar-refractivity contribution < 1.29 is 4.79 Å². The standard InChI is InChI=1S/C12H23N3OS/c1-9-6-15(7-10(2)14(9)3)12(16)11-8-17-5-4-13-11/h9-11,13H,4-8H2,1-3H3. The maximum absolute atomic E-state index is 12.4. The van der Waals surface area contributed by atoms with E-state index in [4.69, 9.17) is 0 Å². The van der Waals surface area contributed by atoms with Crippen molar-refractivity contribution in [2.75, 3.05) is 38.2 Å². The number of nitrogens with zero attached hydrogens (tertiary/aromatic N) is 2. The summed E-state index contributed by atoms with van der Waals surface area (Å²) < 4.78 is 0. The van der Waals surface area contributed by atoms with E-state index < -0.39 is 0 Å². The van der Waals surface area contributed by atoms with Gasteiger partial charge in [-0.05, 0) is 20.9 Å². The van der Waals surface area contributed by atoms with Crippen LogP contribution >= 0.6 is 11.8 Å². The van der Waals surface area contributed by atoms with Gasteiger partial charge in [0.25, 0.3) is 0 Å². The number of carbonyl (C=O) groups excluding carboxylic acids is 1. The molecule has 0 aromatic carbocycles. The molecule has 1 amide bonds. The number of likely N-dealkylation sites (N-methyl/N-ethyl adjacent to an activating group) is 1. The summed E-state index contributed by atoms with van der Waals surface area (Å²) in [5.41, 5.74) is 0. The van der Waals surface area contributed by atoms with Crippen molar-refractivity contribution in [1.29, 1.82) is 0 Å². The molecule has 2 rings (SSSR count). The van der Waals surface area contributed by atoms with Crippen molar-refractivity contribution in [2.24, 2.45) is 0 Å². The van der Waals surface area contributed by atoms with Crippen LogP contribution in [0.2, 0.25) is 0 Å². The number of carbonyl (C=O) groups is 1. The van der Waals surface area contributed by atoms with Crippen LogP contribution in [0.4, 0.5) is 0 Å². The Morgan fingerprint density at radius 3 is 2.47 bits per heavy atom. The van der Waals surface area contributed by atoms with Gasteiger partial charge >= 0.3 is 0 Å². The molecule has 2 saturated heterocycles. The highest BCUT2D eigenvalue weighted by Gasteiger charge is 2.33. The molecule has 2 fully saturated rings. The second-order valence-corrected chi connectivity index (χ2v) is 6.34. The first-order chi connectivity index (χ1) is 8.09. The third-order valence-corrected chi connectivity index (χ3v) is 4.95. The first kappa shape index (κ1) is 13.2. The van der Waals surface area contributed by atoms with Gasteiger partial charge in [0.15, 0.2) is 0 Å². The lowest BCUT2D eigenvalue weighted by atomic mass is 10.1. The molecule has 3 atom stereocenters. The third-order valence-electron chi connectivity index (χ3n) is 3.89. The Labute approximate surface area is 108 Å². The Hall–Kier alpha value is -0.260. The summed E-state index contributed by atoms with van der Waals surface area (Å²) >= 11 is 1.88. The van der Waals surface area contributed by atoms with Gasteiger partial charge in [-0.15, -0.1) is 0 Å². The molecule has 0 radical (unpaired) electrons. The molecule has 0 saturated carbocycles. The second kappa shape index (κ2) is 5.59. The van der Waals surface area contributed by atoms with Gasteiger partial charge in [0.1, 0.15) is 0 Å². The molecular formula is C12H23N3OS. The molecule has 98 valence electrons. The molecule has 5 heteroatoms. The van der Waals surface area contributed by atoms with Crippen LogP contribution in [0.1, 0.15) is 13.8 Å². The molecular weight excluding hydrogens is 234 g/mol. The first-order valence-electron chi connectivity index (χ1n) is 6.41. The van der Waals surface area contributed by atoms with E-state index in [1.165, 1.54) is 0 Å². The Bertz CT molecular complexity index is 269. The van der Waals surface area contributed by atoms with Gasteiger partial charge in [0, 0.05) is 43.2 Å². The SMILES string of the molecule is CC1CN(C(=O)C2CSCCN2)CC(C)N1C. The predicted molar refractivity (Wildman–Crippen MR) is 72.4 cm³/mol. The topological polar surface area (TPSA) is 35.6 Å². The minimum absolute atomic E-state index is 0.0385. The molecule has 0 aliphatic carbocycles. The highest BCUT2D eigenvalue weighted by atomic mass is 32.2. The molecule has 2 heterocycles. The Morgan fingerprint density at radius 1 is 1.29 bits per heavy atom. The van der Waals surface area contributed by atoms with Crippen LogP contribution in [0.5, 0.6) is 0 Å². The number of hydrogen-bond acceptors (Lipinski definition) is 4. The number of piperazine rings is 1. The highest BCUT2D eigenvalue weighted by Crippen LogP contribution is 2.16. The fourth-order valence-electron chi connectivity index (χ4n) is 2.53. The second-order valence-electron chi connectivity index (χ2n) is 5.19. The number of hydrogen-bond donors (Lipinski definition) is 1. The van der Waals surface area contributed by atoms with Crippen molar-refractivity contribution in [1.82, 2.24) is 15.1 Å². The van der Waals surface area contributed by atoms with Crippen LogP contribution in [-0.4, -0.2) is 72.0 Å².